The minimum atomic E-state index is 0.00252. The third-order valence-corrected chi connectivity index (χ3v) is 6.51. The van der Waals surface area contributed by atoms with E-state index in [-0.39, 0.29) is 5.91 Å². The molecule has 6 rings (SSSR count). The molecule has 4 heterocycles. The number of carbonyl (C=O) groups excluding carboxylic acids is 1. The Labute approximate surface area is 207 Å². The van der Waals surface area contributed by atoms with Crippen LogP contribution in [-0.4, -0.2) is 62.1 Å². The van der Waals surface area contributed by atoms with Gasteiger partial charge in [0.25, 0.3) is 5.91 Å². The third-order valence-electron chi connectivity index (χ3n) is 6.51. The number of benzene rings is 2. The smallest absolute Gasteiger partial charge is 0.254 e. The fraction of sp³-hybridized carbons (Fsp3) is 0.222. The van der Waals surface area contributed by atoms with E-state index in [1.807, 2.05) is 85.5 Å². The van der Waals surface area contributed by atoms with Crippen molar-refractivity contribution in [3.05, 3.63) is 83.7 Å². The quantitative estimate of drug-likeness (QED) is 0.384. The Hall–Kier alpha value is -4.53. The van der Waals surface area contributed by atoms with Crippen LogP contribution in [0.5, 0.6) is 0 Å². The van der Waals surface area contributed by atoms with Crippen LogP contribution in [0.25, 0.3) is 28.0 Å². The zero-order valence-electron chi connectivity index (χ0n) is 20.1. The number of hydrogen-bond donors (Lipinski definition) is 0. The molecule has 0 unspecified atom stereocenters. The van der Waals surface area contributed by atoms with Crippen LogP contribution in [0.2, 0.25) is 0 Å². The minimum Gasteiger partial charge on any atom is -0.355 e. The molecule has 2 aromatic carbocycles. The van der Waals surface area contributed by atoms with Crippen molar-refractivity contribution in [3.8, 4) is 17.1 Å². The topological polar surface area (TPSA) is 93.2 Å². The third kappa shape index (κ3) is 3.98. The highest BCUT2D eigenvalue weighted by atomic mass is 16.5. The zero-order valence-corrected chi connectivity index (χ0v) is 20.1. The maximum absolute atomic E-state index is 13.3. The number of anilines is 1. The molecule has 0 aliphatic carbocycles. The molecule has 0 N–H and O–H groups in total. The van der Waals surface area contributed by atoms with E-state index < -0.39 is 0 Å². The van der Waals surface area contributed by atoms with E-state index in [2.05, 4.69) is 25.4 Å². The molecule has 180 valence electrons. The molecule has 1 saturated heterocycles. The Morgan fingerprint density at radius 1 is 0.861 bits per heavy atom. The molecule has 0 spiro atoms. The van der Waals surface area contributed by atoms with E-state index in [9.17, 15) is 4.79 Å². The number of aryl methyl sites for hydroxylation is 2. The molecule has 1 fully saturated rings. The molecule has 3 aromatic heterocycles. The summed E-state index contributed by atoms with van der Waals surface area (Å²) in [5.74, 6) is 2.17. The molecule has 9 heteroatoms. The Bertz CT molecular complexity index is 1530. The lowest BCUT2D eigenvalue weighted by molar-refractivity contribution is 0.0746. The van der Waals surface area contributed by atoms with Gasteiger partial charge in [0.15, 0.2) is 17.4 Å². The highest BCUT2D eigenvalue weighted by Crippen LogP contribution is 2.29. The summed E-state index contributed by atoms with van der Waals surface area (Å²) in [6.07, 6.45) is 0. The molecule has 0 saturated carbocycles. The maximum Gasteiger partial charge on any atom is 0.254 e. The number of aromatic nitrogens is 5. The Balaban J connectivity index is 1.15. The molecule has 0 bridgehead atoms. The van der Waals surface area contributed by atoms with Gasteiger partial charge in [-0.3, -0.25) is 4.79 Å². The summed E-state index contributed by atoms with van der Waals surface area (Å²) in [5, 5.41) is 18.2. The van der Waals surface area contributed by atoms with Gasteiger partial charge >= 0.3 is 0 Å². The number of hydrogen-bond acceptors (Lipinski definition) is 7. The number of nitrogens with zero attached hydrogens (tertiary/aromatic N) is 7. The van der Waals surface area contributed by atoms with Crippen molar-refractivity contribution in [1.29, 1.82) is 0 Å². The van der Waals surface area contributed by atoms with Gasteiger partial charge in [0.2, 0.25) is 0 Å². The number of amides is 1. The average Bonchev–Trinajstić information content (AvgIpc) is 3.50. The van der Waals surface area contributed by atoms with Gasteiger partial charge in [-0.2, -0.15) is 5.10 Å². The van der Waals surface area contributed by atoms with Crippen LogP contribution in [0.4, 0.5) is 5.82 Å². The van der Waals surface area contributed by atoms with Gasteiger partial charge in [-0.25, -0.2) is 4.68 Å². The SMILES string of the molecule is Cc1cc(C)n(-c2ccc(N3CCN(C(=O)c4ccc5noc(-c6ccccc6)c5c4)CC3)nn2)n1. The molecular weight excluding hydrogens is 454 g/mol. The molecule has 5 aromatic rings. The lowest BCUT2D eigenvalue weighted by atomic mass is 10.1. The zero-order chi connectivity index (χ0) is 24.6. The summed E-state index contributed by atoms with van der Waals surface area (Å²) < 4.78 is 7.38. The second-order valence-corrected chi connectivity index (χ2v) is 8.98. The minimum absolute atomic E-state index is 0.00252. The Kier molecular flexibility index (Phi) is 5.44. The molecule has 1 aliphatic rings. The normalized spacial score (nSPS) is 13.9. The van der Waals surface area contributed by atoms with Gasteiger partial charge in [0, 0.05) is 43.0 Å². The lowest BCUT2D eigenvalue weighted by Gasteiger charge is -2.35. The van der Waals surface area contributed by atoms with Crippen LogP contribution in [0.15, 0.2) is 71.3 Å². The standard InChI is InChI=1S/C27H25N7O2/c1-18-16-19(2)34(30-18)25-11-10-24(28-29-25)32-12-14-33(15-13-32)27(35)21-8-9-23-22(17-21)26(36-31-23)20-6-4-3-5-7-20/h3-11,16-17H,12-15H2,1-2H3. The first-order valence-electron chi connectivity index (χ1n) is 11.9. The Morgan fingerprint density at radius 2 is 1.61 bits per heavy atom. The summed E-state index contributed by atoms with van der Waals surface area (Å²) in [6, 6.07) is 21.2. The van der Waals surface area contributed by atoms with E-state index in [0.29, 0.717) is 43.3 Å². The fourth-order valence-corrected chi connectivity index (χ4v) is 4.65. The summed E-state index contributed by atoms with van der Waals surface area (Å²) in [5.41, 5.74) is 4.26. The van der Waals surface area contributed by atoms with Crippen molar-refractivity contribution in [1.82, 2.24) is 30.0 Å². The number of rotatable bonds is 4. The first-order valence-corrected chi connectivity index (χ1v) is 11.9. The number of fused-ring (bicyclic) bond motifs is 1. The second-order valence-electron chi connectivity index (χ2n) is 8.98. The van der Waals surface area contributed by atoms with Crippen LogP contribution >= 0.6 is 0 Å². The van der Waals surface area contributed by atoms with Crippen molar-refractivity contribution in [2.24, 2.45) is 0 Å². The van der Waals surface area contributed by atoms with Crippen LogP contribution in [0.3, 0.4) is 0 Å². The first kappa shape index (κ1) is 22.0. The van der Waals surface area contributed by atoms with E-state index in [0.717, 1.165) is 33.7 Å². The number of piperazine rings is 1. The van der Waals surface area contributed by atoms with Gasteiger partial charge in [-0.05, 0) is 50.2 Å². The van der Waals surface area contributed by atoms with Crippen molar-refractivity contribution in [3.63, 3.8) is 0 Å². The van der Waals surface area contributed by atoms with Crippen LogP contribution in [0, 0.1) is 13.8 Å². The fourth-order valence-electron chi connectivity index (χ4n) is 4.65. The second kappa shape index (κ2) is 8.92. The molecular formula is C27H25N7O2. The predicted molar refractivity (Wildman–Crippen MR) is 136 cm³/mol. The molecule has 0 radical (unpaired) electrons. The first-order chi connectivity index (χ1) is 17.6. The lowest BCUT2D eigenvalue weighted by Crippen LogP contribution is -2.49. The highest BCUT2D eigenvalue weighted by Gasteiger charge is 2.24. The predicted octanol–water partition coefficient (Wildman–Crippen LogP) is 4.05. The van der Waals surface area contributed by atoms with Gasteiger partial charge < -0.3 is 14.3 Å². The average molecular weight is 480 g/mol. The van der Waals surface area contributed by atoms with E-state index in [1.54, 1.807) is 4.68 Å². The van der Waals surface area contributed by atoms with Crippen LogP contribution in [-0.2, 0) is 0 Å². The van der Waals surface area contributed by atoms with Crippen molar-refractivity contribution in [2.75, 3.05) is 31.1 Å². The maximum atomic E-state index is 13.3. The van der Waals surface area contributed by atoms with Crippen molar-refractivity contribution < 1.29 is 9.32 Å². The van der Waals surface area contributed by atoms with Crippen molar-refractivity contribution >= 4 is 22.6 Å². The van der Waals surface area contributed by atoms with Gasteiger partial charge in [-0.15, -0.1) is 10.2 Å². The largest absolute Gasteiger partial charge is 0.355 e. The molecule has 1 amide bonds. The molecule has 0 atom stereocenters. The summed E-state index contributed by atoms with van der Waals surface area (Å²) in [4.78, 5) is 17.3. The van der Waals surface area contributed by atoms with E-state index in [4.69, 9.17) is 4.52 Å². The van der Waals surface area contributed by atoms with E-state index >= 15 is 0 Å². The highest BCUT2D eigenvalue weighted by molar-refractivity contribution is 6.01. The summed E-state index contributed by atoms with van der Waals surface area (Å²) in [6.45, 7) is 6.53. The molecule has 1 aliphatic heterocycles. The molecule has 9 nitrogen and oxygen atoms in total. The van der Waals surface area contributed by atoms with Gasteiger partial charge in [-0.1, -0.05) is 35.5 Å². The van der Waals surface area contributed by atoms with Gasteiger partial charge in [0.05, 0.1) is 11.1 Å². The van der Waals surface area contributed by atoms with Gasteiger partial charge in [0.1, 0.15) is 5.52 Å². The van der Waals surface area contributed by atoms with Crippen LogP contribution in [0.1, 0.15) is 21.7 Å². The summed E-state index contributed by atoms with van der Waals surface area (Å²) in [7, 11) is 0. The van der Waals surface area contributed by atoms with Crippen molar-refractivity contribution in [2.45, 2.75) is 13.8 Å². The molecule has 36 heavy (non-hydrogen) atoms. The number of carbonyl (C=O) groups is 1. The van der Waals surface area contributed by atoms with E-state index in [1.165, 1.54) is 0 Å². The van der Waals surface area contributed by atoms with Crippen LogP contribution < -0.4 is 4.90 Å². The summed E-state index contributed by atoms with van der Waals surface area (Å²) >= 11 is 0. The monoisotopic (exact) mass is 479 g/mol. The Morgan fingerprint density at radius 3 is 2.31 bits per heavy atom.